The maximum absolute atomic E-state index is 12.3. The molecule has 150 valence electrons. The van der Waals surface area contributed by atoms with Gasteiger partial charge in [-0.05, 0) is 29.8 Å². The first-order chi connectivity index (χ1) is 13.8. The van der Waals surface area contributed by atoms with E-state index < -0.39 is 36.8 Å². The summed E-state index contributed by atoms with van der Waals surface area (Å²) < 4.78 is 4.85. The predicted octanol–water partition coefficient (Wildman–Crippen LogP) is 3.10. The predicted molar refractivity (Wildman–Crippen MR) is 106 cm³/mol. The number of ether oxygens (including phenoxy) is 1. The molecule has 0 bridgehead atoms. The summed E-state index contributed by atoms with van der Waals surface area (Å²) in [5.41, 5.74) is 0.883. The molecule has 0 aliphatic carbocycles. The van der Waals surface area contributed by atoms with Gasteiger partial charge in [0.25, 0.3) is 17.7 Å². The van der Waals surface area contributed by atoms with E-state index in [4.69, 9.17) is 39.5 Å². The van der Waals surface area contributed by atoms with Crippen LogP contribution in [0.2, 0.25) is 15.1 Å². The Morgan fingerprint density at radius 3 is 2.17 bits per heavy atom. The number of fused-ring (bicyclic) bond motifs is 1. The number of nitrogens with zero attached hydrogens (tertiary/aromatic N) is 1. The standard InChI is InChI=1S/C19H13Cl3N2O5/c20-11-3-1-2-10(4-11)7-23-16(25)9-29-17(26)8-24-18(27)12-5-14(21)15(22)6-13(12)19(24)28/h1-6H,7-9H2,(H,23,25). The van der Waals surface area contributed by atoms with Gasteiger partial charge >= 0.3 is 5.97 Å². The minimum atomic E-state index is -0.908. The maximum atomic E-state index is 12.3. The molecule has 7 nitrogen and oxygen atoms in total. The van der Waals surface area contributed by atoms with Gasteiger partial charge < -0.3 is 10.1 Å². The molecule has 1 aliphatic heterocycles. The minimum Gasteiger partial charge on any atom is -0.454 e. The van der Waals surface area contributed by atoms with Crippen molar-refractivity contribution in [1.82, 2.24) is 10.2 Å². The van der Waals surface area contributed by atoms with Gasteiger partial charge in [-0.2, -0.15) is 0 Å². The van der Waals surface area contributed by atoms with E-state index in [1.807, 2.05) is 0 Å². The summed E-state index contributed by atoms with van der Waals surface area (Å²) in [7, 11) is 0. The van der Waals surface area contributed by atoms with Crippen LogP contribution in [-0.2, 0) is 20.9 Å². The first-order valence-electron chi connectivity index (χ1n) is 8.28. The fraction of sp³-hybridized carbons (Fsp3) is 0.158. The van der Waals surface area contributed by atoms with Gasteiger partial charge in [0.2, 0.25) is 0 Å². The Kier molecular flexibility index (Phi) is 6.42. The van der Waals surface area contributed by atoms with Crippen LogP contribution in [-0.4, -0.2) is 41.7 Å². The van der Waals surface area contributed by atoms with Crippen LogP contribution >= 0.6 is 34.8 Å². The van der Waals surface area contributed by atoms with Gasteiger partial charge in [-0.3, -0.25) is 24.1 Å². The lowest BCUT2D eigenvalue weighted by atomic mass is 10.1. The third-order valence-corrected chi connectivity index (χ3v) is 5.00. The molecule has 0 atom stereocenters. The first-order valence-corrected chi connectivity index (χ1v) is 9.41. The van der Waals surface area contributed by atoms with Crippen LogP contribution in [0.15, 0.2) is 36.4 Å². The molecule has 10 heteroatoms. The van der Waals surface area contributed by atoms with Crippen LogP contribution < -0.4 is 5.32 Å². The van der Waals surface area contributed by atoms with E-state index in [-0.39, 0.29) is 27.7 Å². The molecule has 0 aromatic heterocycles. The highest BCUT2D eigenvalue weighted by Crippen LogP contribution is 2.31. The molecule has 1 heterocycles. The molecule has 0 saturated carbocycles. The SMILES string of the molecule is O=C(COC(=O)CN1C(=O)c2cc(Cl)c(Cl)cc2C1=O)NCc1cccc(Cl)c1. The molecule has 3 amide bonds. The number of hydrogen-bond acceptors (Lipinski definition) is 5. The van der Waals surface area contributed by atoms with Crippen molar-refractivity contribution in [2.24, 2.45) is 0 Å². The first kappa shape index (κ1) is 21.1. The van der Waals surface area contributed by atoms with Crippen LogP contribution in [0.5, 0.6) is 0 Å². The van der Waals surface area contributed by atoms with E-state index in [0.717, 1.165) is 5.56 Å². The number of benzene rings is 2. The van der Waals surface area contributed by atoms with Gasteiger partial charge in [-0.1, -0.05) is 46.9 Å². The zero-order valence-electron chi connectivity index (χ0n) is 14.7. The van der Waals surface area contributed by atoms with Crippen molar-refractivity contribution in [1.29, 1.82) is 0 Å². The molecular weight excluding hydrogens is 443 g/mol. The maximum Gasteiger partial charge on any atom is 0.326 e. The monoisotopic (exact) mass is 454 g/mol. The number of halogens is 3. The second-order valence-electron chi connectivity index (χ2n) is 6.08. The Morgan fingerprint density at radius 1 is 0.966 bits per heavy atom. The summed E-state index contributed by atoms with van der Waals surface area (Å²) in [5.74, 6) is -2.83. The van der Waals surface area contributed by atoms with E-state index in [2.05, 4.69) is 5.32 Å². The topological polar surface area (TPSA) is 92.8 Å². The lowest BCUT2D eigenvalue weighted by Crippen LogP contribution is -2.37. The number of rotatable bonds is 6. The van der Waals surface area contributed by atoms with Crippen LogP contribution in [0.4, 0.5) is 0 Å². The summed E-state index contributed by atoms with van der Waals surface area (Å²) in [6, 6.07) is 9.46. The quantitative estimate of drug-likeness (QED) is 0.534. The molecule has 0 radical (unpaired) electrons. The zero-order valence-corrected chi connectivity index (χ0v) is 17.0. The van der Waals surface area contributed by atoms with Crippen molar-refractivity contribution in [3.05, 3.63) is 68.2 Å². The normalized spacial score (nSPS) is 12.7. The molecule has 2 aromatic rings. The average molecular weight is 456 g/mol. The van der Waals surface area contributed by atoms with Crippen LogP contribution in [0, 0.1) is 0 Å². The largest absolute Gasteiger partial charge is 0.454 e. The van der Waals surface area contributed by atoms with Crippen LogP contribution in [0.3, 0.4) is 0 Å². The van der Waals surface area contributed by atoms with E-state index in [9.17, 15) is 19.2 Å². The highest BCUT2D eigenvalue weighted by molar-refractivity contribution is 6.43. The lowest BCUT2D eigenvalue weighted by Gasteiger charge is -2.13. The zero-order chi connectivity index (χ0) is 21.1. The van der Waals surface area contributed by atoms with E-state index in [1.54, 1.807) is 24.3 Å². The Bertz CT molecular complexity index is 984. The summed E-state index contributed by atoms with van der Waals surface area (Å²) in [6.07, 6.45) is 0. The molecular formula is C19H13Cl3N2O5. The van der Waals surface area contributed by atoms with Gasteiger partial charge in [0.1, 0.15) is 6.54 Å². The van der Waals surface area contributed by atoms with Gasteiger partial charge in [-0.15, -0.1) is 0 Å². The number of esters is 1. The van der Waals surface area contributed by atoms with Crippen molar-refractivity contribution >= 4 is 58.5 Å². The fourth-order valence-corrected chi connectivity index (χ4v) is 3.19. The lowest BCUT2D eigenvalue weighted by molar-refractivity contribution is -0.148. The Labute approximate surface area is 180 Å². The second-order valence-corrected chi connectivity index (χ2v) is 7.33. The minimum absolute atomic E-state index is 0.0523. The van der Waals surface area contributed by atoms with Gasteiger partial charge in [0, 0.05) is 11.6 Å². The van der Waals surface area contributed by atoms with E-state index in [1.165, 1.54) is 12.1 Å². The summed E-state index contributed by atoms with van der Waals surface area (Å²) in [4.78, 5) is 49.2. The smallest absolute Gasteiger partial charge is 0.326 e. The molecule has 29 heavy (non-hydrogen) atoms. The molecule has 0 spiro atoms. The molecule has 0 fully saturated rings. The number of carbonyl (C=O) groups is 4. The molecule has 1 aliphatic rings. The number of carbonyl (C=O) groups excluding carboxylic acids is 4. The van der Waals surface area contributed by atoms with Crippen molar-refractivity contribution in [3.63, 3.8) is 0 Å². The van der Waals surface area contributed by atoms with E-state index >= 15 is 0 Å². The fourth-order valence-electron chi connectivity index (χ4n) is 2.65. The van der Waals surface area contributed by atoms with Crippen molar-refractivity contribution < 1.29 is 23.9 Å². The Hall–Kier alpha value is -2.61. The summed E-state index contributed by atoms with van der Waals surface area (Å²) >= 11 is 17.6. The number of hydrogen-bond donors (Lipinski definition) is 1. The highest BCUT2D eigenvalue weighted by atomic mass is 35.5. The Morgan fingerprint density at radius 2 is 1.59 bits per heavy atom. The number of imide groups is 1. The van der Waals surface area contributed by atoms with Gasteiger partial charge in [-0.25, -0.2) is 0 Å². The van der Waals surface area contributed by atoms with Gasteiger partial charge in [0.05, 0.1) is 21.2 Å². The van der Waals surface area contributed by atoms with Crippen molar-refractivity contribution in [3.8, 4) is 0 Å². The third kappa shape index (κ3) is 4.87. The summed E-state index contributed by atoms with van der Waals surface area (Å²) in [5, 5.41) is 3.34. The van der Waals surface area contributed by atoms with Gasteiger partial charge in [0.15, 0.2) is 6.61 Å². The van der Waals surface area contributed by atoms with Crippen molar-refractivity contribution in [2.45, 2.75) is 6.54 Å². The molecule has 3 rings (SSSR count). The molecule has 0 saturated heterocycles. The Balaban J connectivity index is 1.51. The summed E-state index contributed by atoms with van der Waals surface area (Å²) in [6.45, 7) is -0.986. The number of nitrogens with one attached hydrogen (secondary N) is 1. The van der Waals surface area contributed by atoms with Crippen LogP contribution in [0.1, 0.15) is 26.3 Å². The highest BCUT2D eigenvalue weighted by Gasteiger charge is 2.37. The van der Waals surface area contributed by atoms with Crippen molar-refractivity contribution in [2.75, 3.05) is 13.2 Å². The average Bonchev–Trinajstić information content (AvgIpc) is 2.90. The second kappa shape index (κ2) is 8.82. The number of amides is 3. The molecule has 1 N–H and O–H groups in total. The third-order valence-electron chi connectivity index (χ3n) is 4.04. The molecule has 2 aromatic carbocycles. The van der Waals surface area contributed by atoms with E-state index in [0.29, 0.717) is 9.92 Å². The van der Waals surface area contributed by atoms with Crippen LogP contribution in [0.25, 0.3) is 0 Å². The molecule has 0 unspecified atom stereocenters.